The molecule has 1 fully saturated rings. The fourth-order valence-electron chi connectivity index (χ4n) is 2.36. The summed E-state index contributed by atoms with van der Waals surface area (Å²) in [4.78, 5) is 23.1. The second-order valence-electron chi connectivity index (χ2n) is 5.25. The summed E-state index contributed by atoms with van der Waals surface area (Å²) in [5, 5.41) is 4.77. The van der Waals surface area contributed by atoms with Crippen molar-refractivity contribution in [1.29, 1.82) is 0 Å². The molecular formula is C17H15ClN2O4. The van der Waals surface area contributed by atoms with E-state index in [2.05, 4.69) is 5.10 Å². The lowest BCUT2D eigenvalue weighted by Crippen LogP contribution is -2.21. The minimum Gasteiger partial charge on any atom is -0.463 e. The Morgan fingerprint density at radius 2 is 2.17 bits per heavy atom. The van der Waals surface area contributed by atoms with Crippen LogP contribution in [0.15, 0.2) is 36.4 Å². The molecule has 3 rings (SSSR count). The zero-order chi connectivity index (χ0) is 17.1. The van der Waals surface area contributed by atoms with E-state index in [0.717, 1.165) is 5.69 Å². The van der Waals surface area contributed by atoms with Crippen LogP contribution < -0.4 is 0 Å². The van der Waals surface area contributed by atoms with Gasteiger partial charge in [-0.1, -0.05) is 29.8 Å². The molecule has 2 aromatic rings. The molecule has 0 saturated carbocycles. The maximum absolute atomic E-state index is 11.8. The van der Waals surface area contributed by atoms with Gasteiger partial charge in [0.15, 0.2) is 0 Å². The van der Waals surface area contributed by atoms with E-state index in [4.69, 9.17) is 21.1 Å². The lowest BCUT2D eigenvalue weighted by molar-refractivity contribution is -0.156. The Morgan fingerprint density at radius 1 is 1.42 bits per heavy atom. The number of benzene rings is 1. The molecule has 124 valence electrons. The number of aromatic nitrogens is 2. The quantitative estimate of drug-likeness (QED) is 0.629. The van der Waals surface area contributed by atoms with Crippen molar-refractivity contribution in [2.75, 3.05) is 6.61 Å². The van der Waals surface area contributed by atoms with Crippen LogP contribution in [0.4, 0.5) is 0 Å². The van der Waals surface area contributed by atoms with E-state index in [1.807, 2.05) is 30.3 Å². The fourth-order valence-corrected chi connectivity index (χ4v) is 2.69. The van der Waals surface area contributed by atoms with Crippen LogP contribution >= 0.6 is 11.6 Å². The molecule has 7 heteroatoms. The number of cyclic esters (lactones) is 1. The van der Waals surface area contributed by atoms with E-state index in [9.17, 15) is 9.59 Å². The smallest absolute Gasteiger partial charge is 0.347 e. The van der Waals surface area contributed by atoms with Crippen LogP contribution in [0.25, 0.3) is 11.8 Å². The van der Waals surface area contributed by atoms with Gasteiger partial charge in [-0.05, 0) is 25.1 Å². The third kappa shape index (κ3) is 3.33. The molecule has 6 nitrogen and oxygen atoms in total. The summed E-state index contributed by atoms with van der Waals surface area (Å²) < 4.78 is 11.4. The Labute approximate surface area is 143 Å². The van der Waals surface area contributed by atoms with Crippen molar-refractivity contribution in [3.8, 4) is 5.69 Å². The Bertz CT molecular complexity index is 798. The topological polar surface area (TPSA) is 70.4 Å². The first-order valence-electron chi connectivity index (χ1n) is 7.42. The van der Waals surface area contributed by atoms with Crippen molar-refractivity contribution in [3.63, 3.8) is 0 Å². The zero-order valence-electron chi connectivity index (χ0n) is 12.9. The van der Waals surface area contributed by atoms with Gasteiger partial charge in [-0.15, -0.1) is 0 Å². The zero-order valence-corrected chi connectivity index (χ0v) is 13.7. The Morgan fingerprint density at radius 3 is 2.83 bits per heavy atom. The highest BCUT2D eigenvalue weighted by Crippen LogP contribution is 2.24. The molecule has 0 spiro atoms. The predicted octanol–water partition coefficient (Wildman–Crippen LogP) is 2.71. The number of halogens is 1. The van der Waals surface area contributed by atoms with Gasteiger partial charge in [-0.25, -0.2) is 14.3 Å². The van der Waals surface area contributed by atoms with Crippen LogP contribution in [0.3, 0.4) is 0 Å². The molecule has 1 atom stereocenters. The van der Waals surface area contributed by atoms with E-state index in [-0.39, 0.29) is 6.61 Å². The van der Waals surface area contributed by atoms with E-state index in [0.29, 0.717) is 22.8 Å². The molecule has 0 amide bonds. The largest absolute Gasteiger partial charge is 0.463 e. The highest BCUT2D eigenvalue weighted by Gasteiger charge is 2.29. The molecule has 0 unspecified atom stereocenters. The van der Waals surface area contributed by atoms with Crippen LogP contribution in [-0.2, 0) is 19.1 Å². The highest BCUT2D eigenvalue weighted by atomic mass is 35.5. The molecule has 2 heterocycles. The standard InChI is InChI=1S/C17H15ClN2O4/c1-11-13(7-8-15(21)24-14-9-10-23-17(14)22)16(18)20(19-11)12-5-3-2-4-6-12/h2-8,14H,9-10H2,1H3/b8-7+/t14-/m1/s1. The first-order chi connectivity index (χ1) is 11.6. The van der Waals surface area contributed by atoms with Crippen molar-refractivity contribution in [2.24, 2.45) is 0 Å². The normalized spacial score (nSPS) is 17.2. The Balaban J connectivity index is 1.76. The average Bonchev–Trinajstić information content (AvgIpc) is 3.10. The molecule has 0 aliphatic carbocycles. The van der Waals surface area contributed by atoms with Crippen LogP contribution in [0, 0.1) is 6.92 Å². The number of hydrogen-bond acceptors (Lipinski definition) is 5. The third-order valence-corrected chi connectivity index (χ3v) is 3.94. The van der Waals surface area contributed by atoms with Gasteiger partial charge in [0.25, 0.3) is 0 Å². The van der Waals surface area contributed by atoms with Gasteiger partial charge in [0.2, 0.25) is 6.10 Å². The van der Waals surface area contributed by atoms with Crippen molar-refractivity contribution in [2.45, 2.75) is 19.4 Å². The lowest BCUT2D eigenvalue weighted by Gasteiger charge is -2.05. The van der Waals surface area contributed by atoms with Crippen LogP contribution in [0.2, 0.25) is 5.15 Å². The number of rotatable bonds is 4. The highest BCUT2D eigenvalue weighted by molar-refractivity contribution is 6.31. The summed E-state index contributed by atoms with van der Waals surface area (Å²) in [5.41, 5.74) is 2.11. The maximum Gasteiger partial charge on any atom is 0.347 e. The van der Waals surface area contributed by atoms with Crippen LogP contribution in [0.1, 0.15) is 17.7 Å². The summed E-state index contributed by atoms with van der Waals surface area (Å²) in [7, 11) is 0. The summed E-state index contributed by atoms with van der Waals surface area (Å²) in [5.74, 6) is -1.13. The number of ether oxygens (including phenoxy) is 2. The van der Waals surface area contributed by atoms with Gasteiger partial charge >= 0.3 is 11.9 Å². The van der Waals surface area contributed by atoms with E-state index in [1.165, 1.54) is 12.2 Å². The van der Waals surface area contributed by atoms with Crippen molar-refractivity contribution in [1.82, 2.24) is 9.78 Å². The van der Waals surface area contributed by atoms with Gasteiger partial charge in [0.1, 0.15) is 5.15 Å². The lowest BCUT2D eigenvalue weighted by atomic mass is 10.2. The number of para-hydroxylation sites is 1. The van der Waals surface area contributed by atoms with Crippen molar-refractivity contribution >= 4 is 29.6 Å². The number of esters is 2. The van der Waals surface area contributed by atoms with Gasteiger partial charge in [0.05, 0.1) is 18.0 Å². The van der Waals surface area contributed by atoms with Crippen LogP contribution in [-0.4, -0.2) is 34.4 Å². The van der Waals surface area contributed by atoms with E-state index in [1.54, 1.807) is 11.6 Å². The number of aryl methyl sites for hydroxylation is 1. The van der Waals surface area contributed by atoms with E-state index >= 15 is 0 Å². The summed E-state index contributed by atoms with van der Waals surface area (Å²) in [6.45, 7) is 2.07. The SMILES string of the molecule is Cc1nn(-c2ccccc2)c(Cl)c1/C=C/C(=O)O[C@@H]1CCOC1=O. The Hall–Kier alpha value is -2.60. The molecule has 1 aliphatic rings. The predicted molar refractivity (Wildman–Crippen MR) is 87.8 cm³/mol. The van der Waals surface area contributed by atoms with E-state index < -0.39 is 18.0 Å². The molecular weight excluding hydrogens is 332 g/mol. The minimum absolute atomic E-state index is 0.273. The summed E-state index contributed by atoms with van der Waals surface area (Å²) >= 11 is 6.36. The summed E-state index contributed by atoms with van der Waals surface area (Å²) in [6.07, 6.45) is 2.32. The third-order valence-electron chi connectivity index (χ3n) is 3.58. The van der Waals surface area contributed by atoms with Gasteiger partial charge in [0, 0.05) is 18.1 Å². The number of carbonyl (C=O) groups excluding carboxylic acids is 2. The second kappa shape index (κ2) is 6.88. The first kappa shape index (κ1) is 16.3. The van der Waals surface area contributed by atoms with Gasteiger partial charge in [-0.3, -0.25) is 0 Å². The Kier molecular flexibility index (Phi) is 4.66. The van der Waals surface area contributed by atoms with Gasteiger partial charge < -0.3 is 9.47 Å². The summed E-state index contributed by atoms with van der Waals surface area (Å²) in [6, 6.07) is 9.43. The molecule has 1 saturated heterocycles. The number of hydrogen-bond donors (Lipinski definition) is 0. The minimum atomic E-state index is -0.828. The molecule has 1 aromatic carbocycles. The first-order valence-corrected chi connectivity index (χ1v) is 7.80. The van der Waals surface area contributed by atoms with Crippen molar-refractivity contribution in [3.05, 3.63) is 52.8 Å². The number of carbonyl (C=O) groups is 2. The molecule has 24 heavy (non-hydrogen) atoms. The van der Waals surface area contributed by atoms with Crippen molar-refractivity contribution < 1.29 is 19.1 Å². The molecule has 1 aromatic heterocycles. The van der Waals surface area contributed by atoms with Gasteiger partial charge in [-0.2, -0.15) is 5.10 Å². The molecule has 0 N–H and O–H groups in total. The fraction of sp³-hybridized carbons (Fsp3) is 0.235. The molecule has 0 radical (unpaired) electrons. The van der Waals surface area contributed by atoms with Crippen LogP contribution in [0.5, 0.6) is 0 Å². The maximum atomic E-state index is 11.8. The average molecular weight is 347 g/mol. The molecule has 0 bridgehead atoms. The monoisotopic (exact) mass is 346 g/mol. The number of nitrogens with zero attached hydrogens (tertiary/aromatic N) is 2. The second-order valence-corrected chi connectivity index (χ2v) is 5.61. The molecule has 1 aliphatic heterocycles.